The summed E-state index contributed by atoms with van der Waals surface area (Å²) in [4.78, 5) is 10.5. The first-order valence-corrected chi connectivity index (χ1v) is 24.6. The summed E-state index contributed by atoms with van der Waals surface area (Å²) in [5.41, 5.74) is 20.0. The Balaban J connectivity index is 0.894. The third kappa shape index (κ3) is 7.73. The Morgan fingerprint density at radius 3 is 0.875 bits per heavy atom. The molecule has 2 heteroatoms. The third-order valence-corrected chi connectivity index (χ3v) is 14.1. The average Bonchev–Trinajstić information content (AvgIpc) is 3.47. The smallest absolute Gasteiger partial charge is 0.0787 e. The van der Waals surface area contributed by atoms with E-state index in [-0.39, 0.29) is 0 Å². The van der Waals surface area contributed by atoms with E-state index in [1.54, 1.807) is 0 Å². The predicted octanol–water partition coefficient (Wildman–Crippen LogP) is 18.9. The van der Waals surface area contributed by atoms with Crippen LogP contribution in [0.2, 0.25) is 0 Å². The van der Waals surface area contributed by atoms with Crippen LogP contribution in [0.3, 0.4) is 0 Å². The monoisotopic (exact) mass is 914 g/mol. The van der Waals surface area contributed by atoms with Gasteiger partial charge in [-0.1, -0.05) is 267 Å². The van der Waals surface area contributed by atoms with Gasteiger partial charge in [0.15, 0.2) is 0 Å². The lowest BCUT2D eigenvalue weighted by Gasteiger charge is -2.20. The van der Waals surface area contributed by atoms with Gasteiger partial charge in [-0.15, -0.1) is 0 Å². The zero-order chi connectivity index (χ0) is 47.8. The Bertz CT molecular complexity index is 4030. The first-order valence-electron chi connectivity index (χ1n) is 24.6. The van der Waals surface area contributed by atoms with Gasteiger partial charge in [-0.05, 0) is 89.0 Å². The van der Waals surface area contributed by atoms with Crippen molar-refractivity contribution < 1.29 is 0 Å². The van der Waals surface area contributed by atoms with Gasteiger partial charge in [0.1, 0.15) is 0 Å². The van der Waals surface area contributed by atoms with Crippen LogP contribution < -0.4 is 0 Å². The fraction of sp³-hybridized carbons (Fsp3) is 0. The molecule has 336 valence electrons. The van der Waals surface area contributed by atoms with Crippen LogP contribution in [0.5, 0.6) is 0 Å². The quantitative estimate of drug-likeness (QED) is 0.135. The Hall–Kier alpha value is -9.50. The van der Waals surface area contributed by atoms with E-state index in [1.165, 1.54) is 65.7 Å². The Morgan fingerprint density at radius 1 is 0.167 bits per heavy atom. The molecular formula is C70H46N2. The summed E-state index contributed by atoms with van der Waals surface area (Å²) >= 11 is 0. The average molecular weight is 915 g/mol. The molecule has 13 aromatic rings. The van der Waals surface area contributed by atoms with Gasteiger partial charge in [0.2, 0.25) is 0 Å². The van der Waals surface area contributed by atoms with Crippen LogP contribution in [0.25, 0.3) is 133 Å². The fourth-order valence-electron chi connectivity index (χ4n) is 10.7. The minimum atomic E-state index is 0.960. The molecule has 0 radical (unpaired) electrons. The highest BCUT2D eigenvalue weighted by Gasteiger charge is 2.20. The molecule has 0 unspecified atom stereocenters. The van der Waals surface area contributed by atoms with Crippen LogP contribution in [0.1, 0.15) is 0 Å². The minimum Gasteiger partial charge on any atom is -0.247 e. The molecule has 0 amide bonds. The summed E-state index contributed by atoms with van der Waals surface area (Å²) in [6.07, 6.45) is 0. The highest BCUT2D eigenvalue weighted by Crippen LogP contribution is 2.47. The molecule has 0 aliphatic carbocycles. The van der Waals surface area contributed by atoms with Crippen molar-refractivity contribution in [2.24, 2.45) is 0 Å². The zero-order valence-corrected chi connectivity index (χ0v) is 39.5. The first-order chi connectivity index (χ1) is 35.7. The molecule has 0 saturated carbocycles. The summed E-state index contributed by atoms with van der Waals surface area (Å²) in [6, 6.07) is 100. The summed E-state index contributed by atoms with van der Waals surface area (Å²) in [7, 11) is 0. The lowest BCUT2D eigenvalue weighted by atomic mass is 9.83. The van der Waals surface area contributed by atoms with Crippen LogP contribution in [0.15, 0.2) is 279 Å². The van der Waals surface area contributed by atoms with E-state index in [4.69, 9.17) is 9.97 Å². The van der Waals surface area contributed by atoms with E-state index in [9.17, 15) is 0 Å². The molecule has 72 heavy (non-hydrogen) atoms. The molecule has 0 N–H and O–H groups in total. The molecule has 2 nitrogen and oxygen atoms in total. The maximum absolute atomic E-state index is 5.27. The third-order valence-electron chi connectivity index (χ3n) is 14.1. The molecule has 11 aromatic carbocycles. The molecule has 0 atom stereocenters. The second kappa shape index (κ2) is 18.4. The Morgan fingerprint density at radius 2 is 0.458 bits per heavy atom. The minimum absolute atomic E-state index is 0.960. The summed E-state index contributed by atoms with van der Waals surface area (Å²) in [6.45, 7) is 0. The van der Waals surface area contributed by atoms with Crippen molar-refractivity contribution in [2.45, 2.75) is 0 Å². The van der Waals surface area contributed by atoms with Crippen LogP contribution >= 0.6 is 0 Å². The molecule has 0 spiro atoms. The van der Waals surface area contributed by atoms with Crippen molar-refractivity contribution in [3.63, 3.8) is 0 Å². The molecule has 0 aliphatic rings. The molecule has 0 bridgehead atoms. The van der Waals surface area contributed by atoms with E-state index in [0.29, 0.717) is 0 Å². The van der Waals surface area contributed by atoms with Crippen molar-refractivity contribution in [1.82, 2.24) is 9.97 Å². The number of rotatable bonds is 9. The molecule has 0 saturated heterocycles. The number of hydrogen-bond donors (Lipinski definition) is 0. The maximum Gasteiger partial charge on any atom is 0.0787 e. The van der Waals surface area contributed by atoms with Crippen LogP contribution in [-0.4, -0.2) is 9.97 Å². The van der Waals surface area contributed by atoms with Gasteiger partial charge in [0.25, 0.3) is 0 Å². The van der Waals surface area contributed by atoms with Gasteiger partial charge < -0.3 is 0 Å². The normalized spacial score (nSPS) is 11.3. The van der Waals surface area contributed by atoms with E-state index in [0.717, 1.165) is 67.3 Å². The van der Waals surface area contributed by atoms with Gasteiger partial charge in [0, 0.05) is 33.4 Å². The fourth-order valence-corrected chi connectivity index (χ4v) is 10.7. The van der Waals surface area contributed by atoms with Crippen LogP contribution in [-0.2, 0) is 0 Å². The highest BCUT2D eigenvalue weighted by atomic mass is 14.7. The Labute approximate surface area is 419 Å². The van der Waals surface area contributed by atoms with Crippen molar-refractivity contribution >= 4 is 32.3 Å². The predicted molar refractivity (Wildman–Crippen MR) is 303 cm³/mol. The maximum atomic E-state index is 5.27. The van der Waals surface area contributed by atoms with E-state index in [1.807, 2.05) is 12.1 Å². The topological polar surface area (TPSA) is 25.8 Å². The second-order valence-electron chi connectivity index (χ2n) is 18.4. The van der Waals surface area contributed by atoms with E-state index >= 15 is 0 Å². The Kier molecular flexibility index (Phi) is 10.9. The zero-order valence-electron chi connectivity index (χ0n) is 39.5. The van der Waals surface area contributed by atoms with Gasteiger partial charge in [-0.2, -0.15) is 0 Å². The van der Waals surface area contributed by atoms with Crippen LogP contribution in [0, 0.1) is 0 Å². The standard InChI is InChI=1S/C70H46N2/c1-5-19-50(20-6-1)65-45-43-56(69(71-65)53-23-9-3-10-24-53)48-35-33-47(34-36-48)55-41-42-64(59-28-14-13-27-58(55)59)68-62-31-17-15-29-60(62)67(61-30-16-18-32-63(61)68)52-39-37-49(38-40-52)57-44-46-66(51-21-7-2-8-22-51)72-70(57)54-25-11-4-12-26-54/h1-46H. The SMILES string of the molecule is c1ccc(-c2ccc(-c3ccc(-c4ccc(-c5c6ccccc6c(-c6ccc(-c7ccc(-c8ccccc8)nc7-c7ccccc7)cc6)c6ccccc56)c5ccccc45)cc3)c(-c3ccccc3)n2)cc1. The second-order valence-corrected chi connectivity index (χ2v) is 18.4. The number of pyridine rings is 2. The van der Waals surface area contributed by atoms with Crippen molar-refractivity contribution in [1.29, 1.82) is 0 Å². The van der Waals surface area contributed by atoms with Crippen molar-refractivity contribution in [2.75, 3.05) is 0 Å². The first kappa shape index (κ1) is 42.6. The lowest BCUT2D eigenvalue weighted by Crippen LogP contribution is -1.94. The molecular weight excluding hydrogens is 869 g/mol. The number of hydrogen-bond acceptors (Lipinski definition) is 2. The number of aromatic nitrogens is 2. The number of benzene rings is 11. The van der Waals surface area contributed by atoms with Crippen molar-refractivity contribution in [3.05, 3.63) is 279 Å². The van der Waals surface area contributed by atoms with E-state index in [2.05, 4.69) is 267 Å². The molecule has 2 aromatic heterocycles. The number of nitrogens with zero attached hydrogens (tertiary/aromatic N) is 2. The highest BCUT2D eigenvalue weighted by molar-refractivity contribution is 6.24. The summed E-state index contributed by atoms with van der Waals surface area (Å²) < 4.78 is 0. The summed E-state index contributed by atoms with van der Waals surface area (Å²) in [5, 5.41) is 7.34. The van der Waals surface area contributed by atoms with Gasteiger partial charge in [-0.3, -0.25) is 0 Å². The summed E-state index contributed by atoms with van der Waals surface area (Å²) in [5.74, 6) is 0. The molecule has 0 fully saturated rings. The molecule has 0 aliphatic heterocycles. The molecule has 13 rings (SSSR count). The van der Waals surface area contributed by atoms with Gasteiger partial charge in [0.05, 0.1) is 22.8 Å². The largest absolute Gasteiger partial charge is 0.247 e. The lowest BCUT2D eigenvalue weighted by molar-refractivity contribution is 1.32. The van der Waals surface area contributed by atoms with Crippen LogP contribution in [0.4, 0.5) is 0 Å². The van der Waals surface area contributed by atoms with Crippen molar-refractivity contribution in [3.8, 4) is 101 Å². The van der Waals surface area contributed by atoms with Gasteiger partial charge in [-0.25, -0.2) is 9.97 Å². The van der Waals surface area contributed by atoms with E-state index < -0.39 is 0 Å². The number of fused-ring (bicyclic) bond motifs is 3. The van der Waals surface area contributed by atoms with Gasteiger partial charge >= 0.3 is 0 Å². The molecule has 2 heterocycles.